The molecule has 134 valence electrons. The van der Waals surface area contributed by atoms with Gasteiger partial charge in [0.1, 0.15) is 5.84 Å². The lowest BCUT2D eigenvalue weighted by Gasteiger charge is -2.37. The zero-order valence-electron chi connectivity index (χ0n) is 15.3. The molecule has 0 atom stereocenters. The number of fused-ring (bicyclic) bond motifs is 1. The summed E-state index contributed by atoms with van der Waals surface area (Å²) >= 11 is 0. The summed E-state index contributed by atoms with van der Waals surface area (Å²) in [5, 5.41) is 12.4. The van der Waals surface area contributed by atoms with E-state index in [2.05, 4.69) is 24.1 Å². The van der Waals surface area contributed by atoms with Crippen molar-refractivity contribution in [1.82, 2.24) is 15.2 Å². The molecule has 6 heteroatoms. The Morgan fingerprint density at radius 2 is 2.12 bits per heavy atom. The molecule has 1 amide bonds. The first-order valence-electron chi connectivity index (χ1n) is 9.00. The number of nitrogens with zero attached hydrogens (tertiary/aromatic N) is 3. The van der Waals surface area contributed by atoms with Gasteiger partial charge in [0.25, 0.3) is 0 Å². The SMILES string of the molecule is CC(=O)N1CCC(NC(C)C)=C(C(=N)N2CCCc3ccncc32)C1. The van der Waals surface area contributed by atoms with Gasteiger partial charge in [-0.2, -0.15) is 0 Å². The Hall–Kier alpha value is -2.37. The van der Waals surface area contributed by atoms with E-state index in [9.17, 15) is 4.79 Å². The van der Waals surface area contributed by atoms with Crippen molar-refractivity contribution in [2.45, 2.75) is 46.1 Å². The van der Waals surface area contributed by atoms with Crippen LogP contribution in [0.25, 0.3) is 0 Å². The van der Waals surface area contributed by atoms with Gasteiger partial charge in [-0.1, -0.05) is 0 Å². The molecule has 3 rings (SSSR count). The molecule has 1 aromatic rings. The molecule has 2 aliphatic rings. The molecule has 25 heavy (non-hydrogen) atoms. The third kappa shape index (κ3) is 3.67. The Morgan fingerprint density at radius 3 is 2.84 bits per heavy atom. The van der Waals surface area contributed by atoms with E-state index in [0.29, 0.717) is 25.0 Å². The summed E-state index contributed by atoms with van der Waals surface area (Å²) in [7, 11) is 0. The molecular formula is C19H27N5O. The van der Waals surface area contributed by atoms with E-state index >= 15 is 0 Å². The highest BCUT2D eigenvalue weighted by molar-refractivity contribution is 6.09. The Bertz CT molecular complexity index is 710. The van der Waals surface area contributed by atoms with Gasteiger partial charge in [-0.05, 0) is 38.3 Å². The molecule has 0 aromatic carbocycles. The van der Waals surface area contributed by atoms with Crippen LogP contribution in [0.3, 0.4) is 0 Å². The van der Waals surface area contributed by atoms with Crippen molar-refractivity contribution in [2.75, 3.05) is 24.5 Å². The number of hydrogen-bond donors (Lipinski definition) is 2. The minimum atomic E-state index is 0.0645. The normalized spacial score (nSPS) is 17.6. The predicted molar refractivity (Wildman–Crippen MR) is 99.8 cm³/mol. The number of amidine groups is 1. The highest BCUT2D eigenvalue weighted by Crippen LogP contribution is 2.29. The van der Waals surface area contributed by atoms with Crippen LogP contribution in [0.15, 0.2) is 29.7 Å². The number of nitrogens with one attached hydrogen (secondary N) is 2. The standard InChI is InChI=1S/C19H27N5O/c1-13(2)22-17-7-10-23(14(3)25)12-16(17)19(20)24-9-4-5-15-6-8-21-11-18(15)24/h6,8,11,13,20,22H,4-5,7,9-10,12H2,1-3H3. The molecule has 0 saturated carbocycles. The quantitative estimate of drug-likeness (QED) is 0.654. The maximum Gasteiger partial charge on any atom is 0.219 e. The van der Waals surface area contributed by atoms with E-state index in [-0.39, 0.29) is 5.91 Å². The Balaban J connectivity index is 1.94. The van der Waals surface area contributed by atoms with Crippen LogP contribution in [0.2, 0.25) is 0 Å². The van der Waals surface area contributed by atoms with E-state index in [4.69, 9.17) is 5.41 Å². The van der Waals surface area contributed by atoms with Crippen LogP contribution in [-0.4, -0.2) is 47.3 Å². The van der Waals surface area contributed by atoms with Gasteiger partial charge in [-0.3, -0.25) is 15.2 Å². The zero-order valence-corrected chi connectivity index (χ0v) is 15.3. The molecular weight excluding hydrogens is 314 g/mol. The lowest BCUT2D eigenvalue weighted by atomic mass is 9.99. The molecule has 0 aliphatic carbocycles. The van der Waals surface area contributed by atoms with Crippen molar-refractivity contribution in [3.05, 3.63) is 35.3 Å². The average molecular weight is 341 g/mol. The molecule has 6 nitrogen and oxygen atoms in total. The average Bonchev–Trinajstić information content (AvgIpc) is 2.60. The van der Waals surface area contributed by atoms with Crippen molar-refractivity contribution >= 4 is 17.4 Å². The summed E-state index contributed by atoms with van der Waals surface area (Å²) in [5.74, 6) is 0.553. The van der Waals surface area contributed by atoms with Crippen LogP contribution in [0.5, 0.6) is 0 Å². The van der Waals surface area contributed by atoms with Crippen molar-refractivity contribution < 1.29 is 4.79 Å². The first-order chi connectivity index (χ1) is 12.0. The Labute approximate surface area is 149 Å². The molecule has 2 aliphatic heterocycles. The number of hydrogen-bond acceptors (Lipinski definition) is 4. The van der Waals surface area contributed by atoms with Crippen LogP contribution in [-0.2, 0) is 11.2 Å². The summed E-state index contributed by atoms with van der Waals surface area (Å²) < 4.78 is 0. The molecule has 0 fully saturated rings. The third-order valence-corrected chi connectivity index (χ3v) is 4.82. The number of aromatic nitrogens is 1. The van der Waals surface area contributed by atoms with Crippen LogP contribution in [0.1, 0.15) is 39.2 Å². The van der Waals surface area contributed by atoms with Crippen LogP contribution in [0, 0.1) is 5.41 Å². The van der Waals surface area contributed by atoms with Crippen molar-refractivity contribution in [1.29, 1.82) is 5.41 Å². The van der Waals surface area contributed by atoms with Gasteiger partial charge < -0.3 is 15.1 Å². The third-order valence-electron chi connectivity index (χ3n) is 4.82. The topological polar surface area (TPSA) is 72.3 Å². The van der Waals surface area contributed by atoms with Crippen LogP contribution < -0.4 is 10.2 Å². The fourth-order valence-electron chi connectivity index (χ4n) is 3.57. The molecule has 0 saturated heterocycles. The number of carbonyl (C=O) groups is 1. The van der Waals surface area contributed by atoms with Gasteiger partial charge in [-0.15, -0.1) is 0 Å². The summed E-state index contributed by atoms with van der Waals surface area (Å²) in [5.41, 5.74) is 4.28. The first kappa shape index (κ1) is 17.5. The van der Waals surface area contributed by atoms with E-state index in [1.165, 1.54) is 5.56 Å². The largest absolute Gasteiger partial charge is 0.386 e. The second-order valence-corrected chi connectivity index (χ2v) is 7.05. The second-order valence-electron chi connectivity index (χ2n) is 7.05. The molecule has 0 unspecified atom stereocenters. The lowest BCUT2D eigenvalue weighted by Crippen LogP contribution is -2.45. The predicted octanol–water partition coefficient (Wildman–Crippen LogP) is 2.32. The van der Waals surface area contributed by atoms with E-state index in [0.717, 1.165) is 42.8 Å². The summed E-state index contributed by atoms with van der Waals surface area (Å²) in [6, 6.07) is 2.34. The lowest BCUT2D eigenvalue weighted by molar-refractivity contribution is -0.128. The molecule has 1 aromatic heterocycles. The smallest absolute Gasteiger partial charge is 0.219 e. The monoisotopic (exact) mass is 341 g/mol. The van der Waals surface area contributed by atoms with Gasteiger partial charge in [-0.25, -0.2) is 0 Å². The minimum absolute atomic E-state index is 0.0645. The minimum Gasteiger partial charge on any atom is -0.386 e. The van der Waals surface area contributed by atoms with Gasteiger partial charge in [0.05, 0.1) is 18.4 Å². The Kier molecular flexibility index (Phi) is 5.06. The molecule has 3 heterocycles. The summed E-state index contributed by atoms with van der Waals surface area (Å²) in [4.78, 5) is 20.0. The van der Waals surface area contributed by atoms with Gasteiger partial charge in [0.15, 0.2) is 0 Å². The number of rotatable bonds is 3. The van der Waals surface area contributed by atoms with Crippen molar-refractivity contribution in [2.24, 2.45) is 0 Å². The molecule has 0 spiro atoms. The number of aryl methyl sites for hydroxylation is 1. The van der Waals surface area contributed by atoms with Gasteiger partial charge >= 0.3 is 0 Å². The van der Waals surface area contributed by atoms with E-state index in [1.807, 2.05) is 28.3 Å². The maximum absolute atomic E-state index is 11.9. The summed E-state index contributed by atoms with van der Waals surface area (Å²) in [6.45, 7) is 7.82. The van der Waals surface area contributed by atoms with E-state index in [1.54, 1.807) is 6.92 Å². The number of anilines is 1. The fraction of sp³-hybridized carbons (Fsp3) is 0.526. The number of pyridine rings is 1. The van der Waals surface area contributed by atoms with E-state index < -0.39 is 0 Å². The Morgan fingerprint density at radius 1 is 1.32 bits per heavy atom. The summed E-state index contributed by atoms with van der Waals surface area (Å²) in [6.07, 6.45) is 6.48. The van der Waals surface area contributed by atoms with Crippen molar-refractivity contribution in [3.8, 4) is 0 Å². The fourth-order valence-corrected chi connectivity index (χ4v) is 3.57. The van der Waals surface area contributed by atoms with Gasteiger partial charge in [0, 0.05) is 49.9 Å². The number of amides is 1. The first-order valence-corrected chi connectivity index (χ1v) is 9.00. The van der Waals surface area contributed by atoms with Gasteiger partial charge in [0.2, 0.25) is 5.91 Å². The molecule has 2 N–H and O–H groups in total. The maximum atomic E-state index is 11.9. The van der Waals surface area contributed by atoms with Crippen LogP contribution >= 0.6 is 0 Å². The zero-order chi connectivity index (χ0) is 18.0. The molecule has 0 radical (unpaired) electrons. The highest BCUT2D eigenvalue weighted by atomic mass is 16.2. The molecule has 0 bridgehead atoms. The van der Waals surface area contributed by atoms with Crippen LogP contribution in [0.4, 0.5) is 5.69 Å². The highest BCUT2D eigenvalue weighted by Gasteiger charge is 2.29. The number of carbonyl (C=O) groups excluding carboxylic acids is 1. The van der Waals surface area contributed by atoms with Crippen molar-refractivity contribution in [3.63, 3.8) is 0 Å². The second kappa shape index (κ2) is 7.25.